The lowest BCUT2D eigenvalue weighted by molar-refractivity contribution is -0.391. The van der Waals surface area contributed by atoms with Crippen molar-refractivity contribution in [2.75, 3.05) is 0 Å². The van der Waals surface area contributed by atoms with Crippen molar-refractivity contribution in [2.45, 2.75) is 52.1 Å². The summed E-state index contributed by atoms with van der Waals surface area (Å²) >= 11 is 0. The van der Waals surface area contributed by atoms with Gasteiger partial charge in [0.25, 0.3) is 0 Å². The van der Waals surface area contributed by atoms with Gasteiger partial charge in [-0.1, -0.05) is 0 Å². The number of Topliss-reactive ketones (excluding diaryl/α,β-unsaturated/α-hetero) is 1. The van der Waals surface area contributed by atoms with Crippen molar-refractivity contribution in [2.24, 2.45) is 7.05 Å². The molecule has 0 bridgehead atoms. The van der Waals surface area contributed by atoms with Crippen molar-refractivity contribution in [3.05, 3.63) is 44.7 Å². The molecule has 1 unspecified atom stereocenters. The summed E-state index contributed by atoms with van der Waals surface area (Å²) in [7, 11) is 1.51. The maximum atomic E-state index is 12.8. The smallest absolute Gasteiger partial charge is 0.342 e. The molecule has 1 N–H and O–H groups in total. The van der Waals surface area contributed by atoms with E-state index in [-0.39, 0.29) is 29.1 Å². The highest BCUT2D eigenvalue weighted by atomic mass is 16.6. The van der Waals surface area contributed by atoms with Gasteiger partial charge in [-0.3, -0.25) is 4.79 Å². The molecule has 3 rings (SSSR count). The summed E-state index contributed by atoms with van der Waals surface area (Å²) in [6.07, 6.45) is 2.57. The first kappa shape index (κ1) is 18.8. The van der Waals surface area contributed by atoms with Crippen molar-refractivity contribution in [1.29, 1.82) is 0 Å². The maximum absolute atomic E-state index is 12.8. The Labute approximate surface area is 156 Å². The van der Waals surface area contributed by atoms with Crippen LogP contribution < -0.4 is 5.32 Å². The van der Waals surface area contributed by atoms with E-state index in [2.05, 4.69) is 10.3 Å². The second-order valence-electron chi connectivity index (χ2n) is 7.01. The SMILES string of the molecule is CC1=C(C(=O)OC(C)C)C(c2ncc([N+](=O)[O-])n2C)C2=C(CCCC2=O)N1. The Hall–Kier alpha value is -2.97. The molecular formula is C18H22N4O5. The molecule has 0 fully saturated rings. The van der Waals surface area contributed by atoms with Gasteiger partial charge < -0.3 is 20.2 Å². The Morgan fingerprint density at radius 1 is 1.44 bits per heavy atom. The number of aromatic nitrogens is 2. The summed E-state index contributed by atoms with van der Waals surface area (Å²) in [4.78, 5) is 40.4. The number of hydrogen-bond acceptors (Lipinski definition) is 7. The molecule has 2 aliphatic rings. The molecule has 27 heavy (non-hydrogen) atoms. The van der Waals surface area contributed by atoms with Crippen LogP contribution in [-0.2, 0) is 21.4 Å². The molecule has 144 valence electrons. The fourth-order valence-electron chi connectivity index (χ4n) is 3.64. The third kappa shape index (κ3) is 3.24. The molecule has 0 amide bonds. The number of ketones is 1. The first-order valence-electron chi connectivity index (χ1n) is 8.83. The Bertz CT molecular complexity index is 894. The highest BCUT2D eigenvalue weighted by Crippen LogP contribution is 2.42. The minimum absolute atomic E-state index is 0.0817. The summed E-state index contributed by atoms with van der Waals surface area (Å²) in [5.41, 5.74) is 2.04. The molecule has 0 saturated carbocycles. The van der Waals surface area contributed by atoms with Crippen molar-refractivity contribution in [1.82, 2.24) is 14.9 Å². The Morgan fingerprint density at radius 3 is 2.74 bits per heavy atom. The van der Waals surface area contributed by atoms with Crippen molar-refractivity contribution < 1.29 is 19.2 Å². The monoisotopic (exact) mass is 374 g/mol. The van der Waals surface area contributed by atoms with Gasteiger partial charge in [0.05, 0.1) is 18.7 Å². The van der Waals surface area contributed by atoms with Gasteiger partial charge in [-0.25, -0.2) is 14.3 Å². The Morgan fingerprint density at radius 2 is 2.15 bits per heavy atom. The first-order valence-corrected chi connectivity index (χ1v) is 8.83. The van der Waals surface area contributed by atoms with Crippen LogP contribution in [-0.4, -0.2) is 32.3 Å². The third-order valence-corrected chi connectivity index (χ3v) is 4.78. The number of nitrogens with zero attached hydrogens (tertiary/aromatic N) is 3. The quantitative estimate of drug-likeness (QED) is 0.488. The molecular weight excluding hydrogens is 352 g/mol. The van der Waals surface area contributed by atoms with Gasteiger partial charge in [0.15, 0.2) is 5.78 Å². The average molecular weight is 374 g/mol. The fraction of sp³-hybridized carbons (Fsp3) is 0.500. The number of nitro groups is 1. The van der Waals surface area contributed by atoms with E-state index in [1.807, 2.05) is 0 Å². The molecule has 1 aliphatic carbocycles. The summed E-state index contributed by atoms with van der Waals surface area (Å²) in [5.74, 6) is -1.36. The predicted octanol–water partition coefficient (Wildman–Crippen LogP) is 2.25. The van der Waals surface area contributed by atoms with Gasteiger partial charge in [-0.2, -0.15) is 0 Å². The van der Waals surface area contributed by atoms with Crippen molar-refractivity contribution in [3.8, 4) is 0 Å². The number of carbonyl (C=O) groups excluding carboxylic acids is 2. The molecule has 0 saturated heterocycles. The molecule has 9 nitrogen and oxygen atoms in total. The van der Waals surface area contributed by atoms with E-state index < -0.39 is 16.8 Å². The van der Waals surface area contributed by atoms with Crippen LogP contribution >= 0.6 is 0 Å². The zero-order valence-electron chi connectivity index (χ0n) is 15.7. The van der Waals surface area contributed by atoms with Gasteiger partial charge >= 0.3 is 11.8 Å². The van der Waals surface area contributed by atoms with Crippen LogP contribution in [0.4, 0.5) is 5.82 Å². The minimum Gasteiger partial charge on any atom is -0.460 e. The molecule has 9 heteroatoms. The number of allylic oxidation sites excluding steroid dienone is 3. The number of hydrogen-bond donors (Lipinski definition) is 1. The van der Waals surface area contributed by atoms with E-state index >= 15 is 0 Å². The number of rotatable bonds is 4. The molecule has 1 aromatic rings. The van der Waals surface area contributed by atoms with E-state index in [0.29, 0.717) is 24.1 Å². The van der Waals surface area contributed by atoms with Crippen LogP contribution in [0.1, 0.15) is 51.8 Å². The van der Waals surface area contributed by atoms with Crippen molar-refractivity contribution in [3.63, 3.8) is 0 Å². The fourth-order valence-corrected chi connectivity index (χ4v) is 3.64. The molecule has 1 aromatic heterocycles. The van der Waals surface area contributed by atoms with Gasteiger partial charge in [0.1, 0.15) is 12.1 Å². The molecule has 0 radical (unpaired) electrons. The van der Waals surface area contributed by atoms with E-state index in [1.165, 1.54) is 11.6 Å². The van der Waals surface area contributed by atoms with Crippen LogP contribution in [0.25, 0.3) is 0 Å². The van der Waals surface area contributed by atoms with E-state index in [9.17, 15) is 19.7 Å². The Kier molecular flexibility index (Phi) is 4.86. The minimum atomic E-state index is -0.793. The number of esters is 1. The van der Waals surface area contributed by atoms with Crippen molar-refractivity contribution >= 4 is 17.6 Å². The average Bonchev–Trinajstić information content (AvgIpc) is 2.94. The zero-order valence-corrected chi connectivity index (χ0v) is 15.7. The number of nitrogens with one attached hydrogen (secondary N) is 1. The van der Waals surface area contributed by atoms with Crippen LogP contribution in [0, 0.1) is 10.1 Å². The van der Waals surface area contributed by atoms with Crippen LogP contribution in [0.2, 0.25) is 0 Å². The summed E-state index contributed by atoms with van der Waals surface area (Å²) in [6, 6.07) is 0. The molecule has 1 atom stereocenters. The van der Waals surface area contributed by atoms with Gasteiger partial charge in [0.2, 0.25) is 5.82 Å². The number of ether oxygens (including phenoxy) is 1. The highest BCUT2D eigenvalue weighted by Gasteiger charge is 2.43. The lowest BCUT2D eigenvalue weighted by Crippen LogP contribution is -2.35. The number of imidazole rings is 1. The van der Waals surface area contributed by atoms with E-state index in [0.717, 1.165) is 18.3 Å². The standard InChI is InChI=1S/C18H22N4O5/c1-9(2)27-18(24)14-10(3)20-11-6-5-7-12(23)15(11)16(14)17-19-8-13(21(17)4)22(25)26/h8-9,16,20H,5-7H2,1-4H3. The number of carbonyl (C=O) groups is 2. The second kappa shape index (κ2) is 6.98. The molecule has 2 heterocycles. The molecule has 0 aromatic carbocycles. The largest absolute Gasteiger partial charge is 0.460 e. The third-order valence-electron chi connectivity index (χ3n) is 4.78. The normalized spacial score (nSPS) is 19.9. The number of dihydropyridines is 1. The lowest BCUT2D eigenvalue weighted by Gasteiger charge is -2.32. The lowest BCUT2D eigenvalue weighted by atomic mass is 9.78. The molecule has 1 aliphatic heterocycles. The topological polar surface area (TPSA) is 116 Å². The molecule has 0 spiro atoms. The Balaban J connectivity index is 2.19. The van der Waals surface area contributed by atoms with Gasteiger partial charge in [-0.05, 0) is 38.5 Å². The van der Waals surface area contributed by atoms with E-state index in [4.69, 9.17) is 4.74 Å². The van der Waals surface area contributed by atoms with E-state index in [1.54, 1.807) is 20.8 Å². The first-order chi connectivity index (χ1) is 12.7. The summed E-state index contributed by atoms with van der Waals surface area (Å²) in [5, 5.41) is 14.4. The van der Waals surface area contributed by atoms with Crippen LogP contribution in [0.15, 0.2) is 28.7 Å². The van der Waals surface area contributed by atoms with Gasteiger partial charge in [-0.15, -0.1) is 0 Å². The summed E-state index contributed by atoms with van der Waals surface area (Å²) in [6.45, 7) is 5.21. The predicted molar refractivity (Wildman–Crippen MR) is 95.6 cm³/mol. The van der Waals surface area contributed by atoms with Crippen LogP contribution in [0.3, 0.4) is 0 Å². The summed E-state index contributed by atoms with van der Waals surface area (Å²) < 4.78 is 6.70. The second-order valence-corrected chi connectivity index (χ2v) is 7.01. The highest BCUT2D eigenvalue weighted by molar-refractivity contribution is 6.03. The maximum Gasteiger partial charge on any atom is 0.342 e. The van der Waals surface area contributed by atoms with Gasteiger partial charge in [0, 0.05) is 23.4 Å². The zero-order chi connectivity index (χ0) is 19.9. The van der Waals surface area contributed by atoms with Crippen LogP contribution in [0.5, 0.6) is 0 Å².